The number of fused-ring (bicyclic) bond motifs is 1. The number of hydrogen-bond acceptors (Lipinski definition) is 6. The second-order valence-electron chi connectivity index (χ2n) is 8.81. The average molecular weight is 561 g/mol. The van der Waals surface area contributed by atoms with E-state index in [1.807, 2.05) is 44.3 Å². The maximum Gasteiger partial charge on any atom is 0.303 e. The van der Waals surface area contributed by atoms with Gasteiger partial charge in [-0.05, 0) is 38.0 Å². The van der Waals surface area contributed by atoms with Gasteiger partial charge in [0.05, 0.1) is 40.8 Å². The van der Waals surface area contributed by atoms with E-state index in [4.69, 9.17) is 38.3 Å². The van der Waals surface area contributed by atoms with Gasteiger partial charge in [0.2, 0.25) is 5.91 Å². The van der Waals surface area contributed by atoms with E-state index in [0.29, 0.717) is 48.1 Å². The van der Waals surface area contributed by atoms with Crippen LogP contribution in [0.4, 0.5) is 0 Å². The van der Waals surface area contributed by atoms with Crippen LogP contribution < -0.4 is 10.6 Å². The van der Waals surface area contributed by atoms with Gasteiger partial charge in [0, 0.05) is 48.4 Å². The summed E-state index contributed by atoms with van der Waals surface area (Å²) in [5.74, 6) is -1.04. The number of allylic oxidation sites excluding steroid dienone is 1. The van der Waals surface area contributed by atoms with Crippen molar-refractivity contribution in [3.05, 3.63) is 63.8 Å². The van der Waals surface area contributed by atoms with Crippen molar-refractivity contribution in [3.8, 4) is 0 Å². The summed E-state index contributed by atoms with van der Waals surface area (Å²) in [6, 6.07) is 5.13. The summed E-state index contributed by atoms with van der Waals surface area (Å²) < 4.78 is 0. The van der Waals surface area contributed by atoms with E-state index in [1.165, 1.54) is 0 Å². The molecule has 0 fully saturated rings. The number of carbonyl (C=O) groups excluding carboxylic acids is 1. The minimum Gasteiger partial charge on any atom is -0.481 e. The molecule has 2 heterocycles. The van der Waals surface area contributed by atoms with Crippen LogP contribution in [0.25, 0.3) is 5.70 Å². The Labute approximate surface area is 234 Å². The molecule has 0 bridgehead atoms. The fourth-order valence-corrected chi connectivity index (χ4v) is 4.79. The lowest BCUT2D eigenvalue weighted by Crippen LogP contribution is -2.48. The van der Waals surface area contributed by atoms with Crippen LogP contribution in [-0.4, -0.2) is 71.6 Å². The number of halogens is 2. The molecule has 3 aliphatic rings. The number of nitrogens with zero attached hydrogens (tertiary/aromatic N) is 3. The van der Waals surface area contributed by atoms with Gasteiger partial charge in [-0.1, -0.05) is 55.3 Å². The van der Waals surface area contributed by atoms with Crippen LogP contribution in [0.2, 0.25) is 10.0 Å². The third-order valence-electron chi connectivity index (χ3n) is 6.23. The van der Waals surface area contributed by atoms with E-state index in [1.54, 1.807) is 12.1 Å². The Morgan fingerprint density at radius 1 is 1.24 bits per heavy atom. The Balaban J connectivity index is 0.00000195. The van der Waals surface area contributed by atoms with E-state index in [-0.39, 0.29) is 24.4 Å². The molecule has 0 saturated carbocycles. The number of nitrogens with one attached hydrogen (secondary N) is 2. The molecule has 10 heteroatoms. The molecule has 2 aliphatic heterocycles. The molecule has 38 heavy (non-hydrogen) atoms. The van der Waals surface area contributed by atoms with Gasteiger partial charge < -0.3 is 20.6 Å². The number of hydrogen-bond donors (Lipinski definition) is 3. The van der Waals surface area contributed by atoms with Crippen molar-refractivity contribution < 1.29 is 14.7 Å². The van der Waals surface area contributed by atoms with Crippen molar-refractivity contribution in [2.24, 2.45) is 9.98 Å². The van der Waals surface area contributed by atoms with E-state index >= 15 is 0 Å². The zero-order chi connectivity index (χ0) is 27.7. The van der Waals surface area contributed by atoms with Crippen molar-refractivity contribution in [1.82, 2.24) is 15.5 Å². The SMILES string of the molecule is CC.CCN1C=C(c2ccc(Cl)cc2Cl)N=C(C2=NC3C=CCC(C(=O)NCCCC(=O)O)=CC3NC2)C1. The molecule has 1 amide bonds. The van der Waals surface area contributed by atoms with Crippen molar-refractivity contribution >= 4 is 52.2 Å². The summed E-state index contributed by atoms with van der Waals surface area (Å²) in [5, 5.41) is 16.2. The largest absolute Gasteiger partial charge is 0.481 e. The molecular weight excluding hydrogens is 525 g/mol. The zero-order valence-corrected chi connectivity index (χ0v) is 23.5. The van der Waals surface area contributed by atoms with Crippen LogP contribution in [-0.2, 0) is 9.59 Å². The van der Waals surface area contributed by atoms with Crippen LogP contribution in [0.15, 0.2) is 58.2 Å². The molecule has 4 rings (SSSR count). The third-order valence-corrected chi connectivity index (χ3v) is 6.78. The number of rotatable bonds is 8. The molecule has 2 atom stereocenters. The number of carboxylic acid groups (broad SMARTS) is 1. The highest BCUT2D eigenvalue weighted by molar-refractivity contribution is 6.45. The minimum absolute atomic E-state index is 0.0312. The third kappa shape index (κ3) is 7.79. The number of aliphatic imine (C=N–C) groups is 2. The van der Waals surface area contributed by atoms with Crippen molar-refractivity contribution in [3.63, 3.8) is 0 Å². The van der Waals surface area contributed by atoms with Crippen molar-refractivity contribution in [2.45, 2.75) is 52.1 Å². The monoisotopic (exact) mass is 559 g/mol. The van der Waals surface area contributed by atoms with Gasteiger partial charge in [-0.2, -0.15) is 0 Å². The summed E-state index contributed by atoms with van der Waals surface area (Å²) >= 11 is 12.5. The molecule has 8 nitrogen and oxygen atoms in total. The highest BCUT2D eigenvalue weighted by Gasteiger charge is 2.29. The fraction of sp³-hybridized carbons (Fsp3) is 0.429. The summed E-state index contributed by atoms with van der Waals surface area (Å²) in [4.78, 5) is 35.3. The van der Waals surface area contributed by atoms with E-state index in [9.17, 15) is 9.59 Å². The van der Waals surface area contributed by atoms with Crippen LogP contribution in [0.1, 0.15) is 45.6 Å². The van der Waals surface area contributed by atoms with Crippen LogP contribution >= 0.6 is 23.2 Å². The van der Waals surface area contributed by atoms with Gasteiger partial charge in [0.15, 0.2) is 0 Å². The first kappa shape index (κ1) is 29.6. The van der Waals surface area contributed by atoms with Gasteiger partial charge >= 0.3 is 5.97 Å². The zero-order valence-electron chi connectivity index (χ0n) is 22.0. The topological polar surface area (TPSA) is 106 Å². The molecule has 0 spiro atoms. The maximum absolute atomic E-state index is 12.6. The Kier molecular flexibility index (Phi) is 11.1. The van der Waals surface area contributed by atoms with Gasteiger partial charge in [-0.3, -0.25) is 14.6 Å². The highest BCUT2D eigenvalue weighted by Crippen LogP contribution is 2.30. The number of carboxylic acids is 1. The highest BCUT2D eigenvalue weighted by atomic mass is 35.5. The predicted octanol–water partition coefficient (Wildman–Crippen LogP) is 4.74. The minimum atomic E-state index is -0.868. The Morgan fingerprint density at radius 2 is 2.03 bits per heavy atom. The summed E-state index contributed by atoms with van der Waals surface area (Å²) in [7, 11) is 0. The molecule has 0 aromatic heterocycles. The molecule has 0 saturated heterocycles. The number of aliphatic carboxylic acids is 1. The Hall–Kier alpha value is -2.94. The van der Waals surface area contributed by atoms with Crippen molar-refractivity contribution in [2.75, 3.05) is 26.2 Å². The van der Waals surface area contributed by atoms with Crippen LogP contribution in [0.3, 0.4) is 0 Å². The fourth-order valence-electron chi connectivity index (χ4n) is 4.29. The molecule has 1 aromatic rings. The molecular formula is C28H35Cl2N5O3. The molecule has 1 aliphatic carbocycles. The Bertz CT molecular complexity index is 1190. The first-order chi connectivity index (χ1) is 18.3. The Morgan fingerprint density at radius 3 is 2.74 bits per heavy atom. The molecule has 1 aromatic carbocycles. The predicted molar refractivity (Wildman–Crippen MR) is 155 cm³/mol. The molecule has 2 unspecified atom stereocenters. The van der Waals surface area contributed by atoms with E-state index in [0.717, 1.165) is 29.2 Å². The maximum atomic E-state index is 12.6. The number of benzene rings is 1. The first-order valence-electron chi connectivity index (χ1n) is 13.0. The normalized spacial score (nSPS) is 20.5. The summed E-state index contributed by atoms with van der Waals surface area (Å²) in [6.07, 6.45) is 8.84. The second-order valence-corrected chi connectivity index (χ2v) is 9.65. The first-order valence-corrected chi connectivity index (χ1v) is 13.8. The van der Waals surface area contributed by atoms with Gasteiger partial charge in [0.1, 0.15) is 0 Å². The molecule has 3 N–H and O–H groups in total. The summed E-state index contributed by atoms with van der Waals surface area (Å²) in [5.41, 5.74) is 3.99. The van der Waals surface area contributed by atoms with Gasteiger partial charge in [0.25, 0.3) is 0 Å². The van der Waals surface area contributed by atoms with Crippen LogP contribution in [0, 0.1) is 0 Å². The molecule has 204 valence electrons. The lowest BCUT2D eigenvalue weighted by molar-refractivity contribution is -0.137. The summed E-state index contributed by atoms with van der Waals surface area (Å²) in [6.45, 7) is 8.40. The lowest BCUT2D eigenvalue weighted by atomic mass is 10.0. The van der Waals surface area contributed by atoms with Gasteiger partial charge in [-0.15, -0.1) is 0 Å². The number of amides is 1. The van der Waals surface area contributed by atoms with E-state index < -0.39 is 5.97 Å². The van der Waals surface area contributed by atoms with Crippen molar-refractivity contribution in [1.29, 1.82) is 0 Å². The molecule has 0 radical (unpaired) electrons. The average Bonchev–Trinajstić information content (AvgIpc) is 3.14. The smallest absolute Gasteiger partial charge is 0.303 e. The van der Waals surface area contributed by atoms with E-state index in [2.05, 4.69) is 22.5 Å². The standard InChI is InChI=1S/C26H29Cl2N5O3.C2H6/c1-2-33-14-23(18-9-8-17(27)12-19(18)28)32-24(15-33)22-13-30-21-11-16(5-3-6-20(21)31-22)26(36)29-10-4-7-25(34)35;1-2/h3,6,8-9,11-12,14,20-21,30H,2,4-5,7,10,13,15H2,1H3,(H,29,36)(H,34,35);1-2H3. The van der Waals surface area contributed by atoms with Gasteiger partial charge in [-0.25, -0.2) is 4.99 Å². The van der Waals surface area contributed by atoms with Crippen LogP contribution in [0.5, 0.6) is 0 Å². The number of carbonyl (C=O) groups is 2. The quantitative estimate of drug-likeness (QED) is 0.315. The second kappa shape index (κ2) is 14.3. The lowest BCUT2D eigenvalue weighted by Gasteiger charge is -2.31.